The fourth-order valence-electron chi connectivity index (χ4n) is 3.81. The molecule has 1 atom stereocenters. The van der Waals surface area contributed by atoms with E-state index in [1.165, 1.54) is 5.56 Å². The third kappa shape index (κ3) is 3.34. The second-order valence-corrected chi connectivity index (χ2v) is 7.07. The first-order valence-corrected chi connectivity index (χ1v) is 9.31. The van der Waals surface area contributed by atoms with Crippen LogP contribution in [0.3, 0.4) is 0 Å². The molecule has 2 aromatic heterocycles. The van der Waals surface area contributed by atoms with Crippen LogP contribution in [0.5, 0.6) is 0 Å². The van der Waals surface area contributed by atoms with Gasteiger partial charge in [-0.15, -0.1) is 0 Å². The van der Waals surface area contributed by atoms with E-state index in [2.05, 4.69) is 49.8 Å². The first-order chi connectivity index (χ1) is 12.7. The van der Waals surface area contributed by atoms with Crippen LogP contribution in [0.25, 0.3) is 0 Å². The van der Waals surface area contributed by atoms with E-state index in [0.29, 0.717) is 5.92 Å². The molecule has 1 fully saturated rings. The summed E-state index contributed by atoms with van der Waals surface area (Å²) in [5.41, 5.74) is 3.38. The van der Waals surface area contributed by atoms with Crippen LogP contribution in [0.4, 0.5) is 5.82 Å². The van der Waals surface area contributed by atoms with Gasteiger partial charge in [-0.3, -0.25) is 9.99 Å². The molecule has 0 amide bonds. The van der Waals surface area contributed by atoms with Crippen molar-refractivity contribution in [3.8, 4) is 0 Å². The van der Waals surface area contributed by atoms with Gasteiger partial charge in [-0.25, -0.2) is 4.98 Å². The Labute approximate surface area is 155 Å². The normalized spacial score (nSPS) is 20.6. The maximum absolute atomic E-state index is 4.62. The molecule has 1 unspecified atom stereocenters. The van der Waals surface area contributed by atoms with Crippen LogP contribution in [0.15, 0.2) is 60.1 Å². The van der Waals surface area contributed by atoms with Gasteiger partial charge in [0, 0.05) is 55.4 Å². The fraction of sp³-hybridized carbons (Fsp3) is 0.381. The third-order valence-corrected chi connectivity index (χ3v) is 5.38. The van der Waals surface area contributed by atoms with Crippen molar-refractivity contribution in [2.24, 2.45) is 11.0 Å². The molecular formula is C21H25N5. The molecule has 2 aliphatic heterocycles. The van der Waals surface area contributed by atoms with Gasteiger partial charge in [-0.2, -0.15) is 5.10 Å². The number of hydrazone groups is 1. The Bertz CT molecular complexity index is 776. The summed E-state index contributed by atoms with van der Waals surface area (Å²) < 4.78 is 0. The van der Waals surface area contributed by atoms with Gasteiger partial charge in [0.1, 0.15) is 5.82 Å². The van der Waals surface area contributed by atoms with E-state index >= 15 is 0 Å². The highest BCUT2D eigenvalue weighted by molar-refractivity contribution is 5.61. The molecule has 134 valence electrons. The number of hydrogen-bond donors (Lipinski definition) is 0. The highest BCUT2D eigenvalue weighted by atomic mass is 15.5. The summed E-state index contributed by atoms with van der Waals surface area (Å²) in [6.45, 7) is 8.44. The molecule has 0 aromatic carbocycles. The monoisotopic (exact) mass is 347 g/mol. The Morgan fingerprint density at radius 2 is 1.96 bits per heavy atom. The number of nitrogens with zero attached hydrogens (tertiary/aromatic N) is 5. The van der Waals surface area contributed by atoms with Gasteiger partial charge < -0.3 is 4.90 Å². The number of aryl methyl sites for hydroxylation is 1. The van der Waals surface area contributed by atoms with Gasteiger partial charge in [0.25, 0.3) is 0 Å². The van der Waals surface area contributed by atoms with E-state index in [0.717, 1.165) is 49.6 Å². The molecule has 5 nitrogen and oxygen atoms in total. The van der Waals surface area contributed by atoms with Crippen molar-refractivity contribution >= 4 is 12.0 Å². The molecule has 26 heavy (non-hydrogen) atoms. The van der Waals surface area contributed by atoms with E-state index in [4.69, 9.17) is 0 Å². The molecule has 0 N–H and O–H groups in total. The number of rotatable bonds is 4. The Morgan fingerprint density at radius 3 is 2.65 bits per heavy atom. The number of allylic oxidation sites excluding steroid dienone is 1. The zero-order valence-electron chi connectivity index (χ0n) is 15.3. The van der Waals surface area contributed by atoms with Crippen LogP contribution in [-0.4, -0.2) is 34.3 Å². The molecule has 0 spiro atoms. The van der Waals surface area contributed by atoms with E-state index in [9.17, 15) is 0 Å². The number of anilines is 1. The van der Waals surface area contributed by atoms with Gasteiger partial charge in [0.2, 0.25) is 0 Å². The fourth-order valence-corrected chi connectivity index (χ4v) is 3.81. The first kappa shape index (κ1) is 16.8. The first-order valence-electron chi connectivity index (χ1n) is 9.31. The second kappa shape index (κ2) is 7.28. The molecule has 4 heterocycles. The minimum Gasteiger partial charge on any atom is -0.357 e. The van der Waals surface area contributed by atoms with Crippen molar-refractivity contribution in [3.05, 3.63) is 66.3 Å². The standard InChI is InChI=1S/C21H25N5/c1-16-6-7-19(15-23-16)20-8-12-24-26(20)17(2)18-9-13-25(14-10-18)21-5-3-4-11-22-21/h3-7,11-12,15,18,20H,2,8-10,13-14H2,1H3. The lowest BCUT2D eigenvalue weighted by atomic mass is 9.92. The Morgan fingerprint density at radius 1 is 1.12 bits per heavy atom. The lowest BCUT2D eigenvalue weighted by Gasteiger charge is -2.37. The molecule has 0 aliphatic carbocycles. The van der Waals surface area contributed by atoms with E-state index in [1.807, 2.05) is 37.7 Å². The average Bonchev–Trinajstić information content (AvgIpc) is 3.19. The van der Waals surface area contributed by atoms with Crippen LogP contribution < -0.4 is 4.90 Å². The van der Waals surface area contributed by atoms with E-state index in [-0.39, 0.29) is 6.04 Å². The summed E-state index contributed by atoms with van der Waals surface area (Å²) >= 11 is 0. The zero-order valence-corrected chi connectivity index (χ0v) is 15.3. The van der Waals surface area contributed by atoms with Crippen LogP contribution >= 0.6 is 0 Å². The minimum absolute atomic E-state index is 0.226. The zero-order chi connectivity index (χ0) is 17.9. The summed E-state index contributed by atoms with van der Waals surface area (Å²) in [4.78, 5) is 11.3. The van der Waals surface area contributed by atoms with Crippen molar-refractivity contribution < 1.29 is 0 Å². The predicted octanol–water partition coefficient (Wildman–Crippen LogP) is 3.95. The quantitative estimate of drug-likeness (QED) is 0.840. The van der Waals surface area contributed by atoms with Crippen molar-refractivity contribution in [1.29, 1.82) is 0 Å². The maximum atomic E-state index is 4.62. The van der Waals surface area contributed by atoms with Gasteiger partial charge in [0.15, 0.2) is 0 Å². The van der Waals surface area contributed by atoms with Gasteiger partial charge in [0.05, 0.1) is 6.04 Å². The van der Waals surface area contributed by atoms with Gasteiger partial charge in [-0.05, 0) is 43.5 Å². The molecule has 4 rings (SSSR count). The molecule has 1 saturated heterocycles. The predicted molar refractivity (Wildman–Crippen MR) is 105 cm³/mol. The van der Waals surface area contributed by atoms with Gasteiger partial charge in [-0.1, -0.05) is 18.7 Å². The number of hydrogen-bond acceptors (Lipinski definition) is 5. The highest BCUT2D eigenvalue weighted by Crippen LogP contribution is 2.36. The second-order valence-electron chi connectivity index (χ2n) is 7.07. The van der Waals surface area contributed by atoms with Crippen LogP contribution in [0, 0.1) is 12.8 Å². The molecule has 0 radical (unpaired) electrons. The average molecular weight is 347 g/mol. The van der Waals surface area contributed by atoms with Crippen LogP contribution in [0.1, 0.15) is 36.6 Å². The number of aromatic nitrogens is 2. The number of pyridine rings is 2. The van der Waals surface area contributed by atoms with Crippen LogP contribution in [-0.2, 0) is 0 Å². The van der Waals surface area contributed by atoms with Gasteiger partial charge >= 0.3 is 0 Å². The molecule has 0 bridgehead atoms. The van der Waals surface area contributed by atoms with Crippen LogP contribution in [0.2, 0.25) is 0 Å². The Balaban J connectivity index is 1.41. The summed E-state index contributed by atoms with van der Waals surface area (Å²) in [5.74, 6) is 1.53. The lowest BCUT2D eigenvalue weighted by Crippen LogP contribution is -2.37. The van der Waals surface area contributed by atoms with Crippen molar-refractivity contribution in [2.45, 2.75) is 32.2 Å². The van der Waals surface area contributed by atoms with E-state index in [1.54, 1.807) is 0 Å². The summed E-state index contributed by atoms with van der Waals surface area (Å²) in [5, 5.41) is 6.74. The minimum atomic E-state index is 0.226. The lowest BCUT2D eigenvalue weighted by molar-refractivity contribution is 0.248. The summed E-state index contributed by atoms with van der Waals surface area (Å²) in [6.07, 6.45) is 8.91. The van der Waals surface area contributed by atoms with Crippen molar-refractivity contribution in [1.82, 2.24) is 15.0 Å². The molecule has 5 heteroatoms. The molecule has 2 aromatic rings. The highest BCUT2D eigenvalue weighted by Gasteiger charge is 2.31. The topological polar surface area (TPSA) is 44.6 Å². The molecular weight excluding hydrogens is 322 g/mol. The maximum Gasteiger partial charge on any atom is 0.128 e. The smallest absolute Gasteiger partial charge is 0.128 e. The molecule has 2 aliphatic rings. The number of piperidine rings is 1. The van der Waals surface area contributed by atoms with Crippen molar-refractivity contribution in [2.75, 3.05) is 18.0 Å². The summed E-state index contributed by atoms with van der Waals surface area (Å²) in [6, 6.07) is 10.5. The summed E-state index contributed by atoms with van der Waals surface area (Å²) in [7, 11) is 0. The van der Waals surface area contributed by atoms with Crippen molar-refractivity contribution in [3.63, 3.8) is 0 Å². The van der Waals surface area contributed by atoms with E-state index < -0.39 is 0 Å². The Kier molecular flexibility index (Phi) is 4.69. The Hall–Kier alpha value is -2.69. The third-order valence-electron chi connectivity index (χ3n) is 5.38. The SMILES string of the molecule is C=C(C1CCN(c2ccccn2)CC1)N1N=CCC1c1ccc(C)nc1. The molecule has 0 saturated carbocycles. The largest absolute Gasteiger partial charge is 0.357 e.